The van der Waals surface area contributed by atoms with E-state index < -0.39 is 5.54 Å². The molecule has 1 atom stereocenters. The molecular weight excluding hydrogens is 605 g/mol. The monoisotopic (exact) mass is 633 g/mol. The lowest BCUT2D eigenvalue weighted by molar-refractivity contribution is -0.870. The Morgan fingerprint density at radius 1 is 0.941 bits per heavy atom. The summed E-state index contributed by atoms with van der Waals surface area (Å²) in [6.07, 6.45) is 3.31. The van der Waals surface area contributed by atoms with E-state index in [4.69, 9.17) is 23.2 Å². The molecule has 0 spiro atoms. The van der Waals surface area contributed by atoms with Gasteiger partial charge in [0.05, 0.1) is 33.4 Å². The minimum absolute atomic E-state index is 0. The van der Waals surface area contributed by atoms with Crippen LogP contribution in [0.15, 0.2) is 46.9 Å². The molecule has 1 aliphatic heterocycles. The van der Waals surface area contributed by atoms with Crippen molar-refractivity contribution in [1.82, 2.24) is 4.90 Å². The fraction of sp³-hybridized carbons (Fsp3) is 0.440. The van der Waals surface area contributed by atoms with Gasteiger partial charge in [0.15, 0.2) is 0 Å². The van der Waals surface area contributed by atoms with Gasteiger partial charge in [-0.15, -0.1) is 0 Å². The number of hydrogen-bond donors (Lipinski definition) is 0. The van der Waals surface area contributed by atoms with Crippen LogP contribution >= 0.6 is 39.1 Å². The predicted octanol–water partition coefficient (Wildman–Crippen LogP) is 3.41. The highest BCUT2D eigenvalue weighted by Gasteiger charge is 2.54. The van der Waals surface area contributed by atoms with E-state index in [1.807, 2.05) is 31.2 Å². The van der Waals surface area contributed by atoms with Crippen LogP contribution in [0.1, 0.15) is 31.7 Å². The van der Waals surface area contributed by atoms with Gasteiger partial charge < -0.3 is 26.4 Å². The number of amides is 3. The number of anilines is 1. The van der Waals surface area contributed by atoms with Crippen molar-refractivity contribution in [2.45, 2.75) is 38.1 Å². The summed E-state index contributed by atoms with van der Waals surface area (Å²) < 4.78 is 1.88. The SMILES string of the molecule is C[C@@]1(Cc2ccc(Br)cc2)C(=O)N(c2cc(Cl)cc(Cl)c2)C(=O)N1CCCCC[N+](C)(C)C.[Br-]. The standard InChI is InChI=1S/C25H31BrCl2N3O2.BrH/c1-25(17-18-8-10-19(26)11-9-18)23(32)30(22-15-20(27)14-21(28)16-22)24(33)29(25)12-6-5-7-13-31(2,3)4;/h8-11,14-16H,5-7,12-13,17H2,1-4H3;1H/q+1;/p-1/t25-;/m1./s1. The first kappa shape index (κ1) is 29.1. The summed E-state index contributed by atoms with van der Waals surface area (Å²) >= 11 is 15.8. The molecule has 0 unspecified atom stereocenters. The molecule has 5 nitrogen and oxygen atoms in total. The normalized spacial score (nSPS) is 18.4. The van der Waals surface area contributed by atoms with Crippen molar-refractivity contribution in [3.05, 3.63) is 62.5 Å². The molecule has 3 amide bonds. The van der Waals surface area contributed by atoms with Crippen molar-refractivity contribution in [2.24, 2.45) is 0 Å². The summed E-state index contributed by atoms with van der Waals surface area (Å²) in [6.45, 7) is 3.43. The molecule has 1 heterocycles. The molecule has 186 valence electrons. The number of hydrogen-bond acceptors (Lipinski definition) is 2. The second-order valence-corrected chi connectivity index (χ2v) is 11.6. The minimum atomic E-state index is -1.00. The van der Waals surface area contributed by atoms with Gasteiger partial charge in [0.25, 0.3) is 5.91 Å². The molecule has 0 radical (unpaired) electrons. The number of unbranched alkanes of at least 4 members (excludes halogenated alkanes) is 2. The largest absolute Gasteiger partial charge is 1.00 e. The molecule has 0 N–H and O–H groups in total. The summed E-state index contributed by atoms with van der Waals surface area (Å²) in [5, 5.41) is 0.762. The zero-order chi connectivity index (χ0) is 24.4. The van der Waals surface area contributed by atoms with Crippen LogP contribution in [0.4, 0.5) is 10.5 Å². The fourth-order valence-corrected chi connectivity index (χ4v) is 5.00. The Bertz CT molecular complexity index is 1010. The van der Waals surface area contributed by atoms with Gasteiger partial charge in [0, 0.05) is 27.5 Å². The first-order chi connectivity index (χ1) is 15.4. The molecule has 0 bridgehead atoms. The molecule has 0 aliphatic carbocycles. The third-order valence-electron chi connectivity index (χ3n) is 5.96. The van der Waals surface area contributed by atoms with E-state index in [-0.39, 0.29) is 28.9 Å². The molecule has 34 heavy (non-hydrogen) atoms. The number of nitrogens with zero attached hydrogens (tertiary/aromatic N) is 3. The number of benzene rings is 2. The maximum Gasteiger partial charge on any atom is 0.332 e. The third-order valence-corrected chi connectivity index (χ3v) is 6.92. The van der Waals surface area contributed by atoms with E-state index in [9.17, 15) is 9.59 Å². The Hall–Kier alpha value is -1.12. The van der Waals surface area contributed by atoms with Crippen LogP contribution in [0, 0.1) is 0 Å². The van der Waals surface area contributed by atoms with E-state index in [1.165, 1.54) is 4.90 Å². The molecular formula is C25H31Br2Cl2N3O2. The van der Waals surface area contributed by atoms with Gasteiger partial charge in [-0.2, -0.15) is 0 Å². The highest BCUT2D eigenvalue weighted by Crippen LogP contribution is 2.37. The van der Waals surface area contributed by atoms with Crippen molar-refractivity contribution in [2.75, 3.05) is 39.1 Å². The van der Waals surface area contributed by atoms with Crippen LogP contribution in [0.2, 0.25) is 10.0 Å². The highest BCUT2D eigenvalue weighted by atomic mass is 79.9. The molecule has 9 heteroatoms. The molecule has 2 aromatic rings. The van der Waals surface area contributed by atoms with Crippen LogP contribution in [-0.2, 0) is 11.2 Å². The molecule has 0 saturated carbocycles. The Morgan fingerprint density at radius 3 is 2.09 bits per heavy atom. The number of carbonyl (C=O) groups excluding carboxylic acids is 2. The van der Waals surface area contributed by atoms with Crippen LogP contribution in [0.25, 0.3) is 0 Å². The van der Waals surface area contributed by atoms with Gasteiger partial charge >= 0.3 is 6.03 Å². The topological polar surface area (TPSA) is 40.6 Å². The summed E-state index contributed by atoms with van der Waals surface area (Å²) in [6, 6.07) is 12.3. The molecule has 3 rings (SSSR count). The van der Waals surface area contributed by atoms with Crippen LogP contribution in [0.5, 0.6) is 0 Å². The Kier molecular flexibility index (Phi) is 10.1. The Balaban J connectivity index is 0.00000408. The van der Waals surface area contributed by atoms with E-state index >= 15 is 0 Å². The second-order valence-electron chi connectivity index (χ2n) is 9.85. The Labute approximate surface area is 231 Å². The smallest absolute Gasteiger partial charge is 0.332 e. The number of quaternary nitrogens is 1. The number of urea groups is 1. The second kappa shape index (κ2) is 11.7. The van der Waals surface area contributed by atoms with Crippen molar-refractivity contribution < 1.29 is 31.1 Å². The number of halogens is 4. The Morgan fingerprint density at radius 2 is 1.53 bits per heavy atom. The lowest BCUT2D eigenvalue weighted by Crippen LogP contribution is -3.00. The first-order valence-corrected chi connectivity index (χ1v) is 12.6. The fourth-order valence-electron chi connectivity index (χ4n) is 4.22. The van der Waals surface area contributed by atoms with Crippen molar-refractivity contribution >= 4 is 56.8 Å². The first-order valence-electron chi connectivity index (χ1n) is 11.1. The zero-order valence-electron chi connectivity index (χ0n) is 20.0. The van der Waals surface area contributed by atoms with Crippen molar-refractivity contribution in [3.63, 3.8) is 0 Å². The van der Waals surface area contributed by atoms with Crippen LogP contribution in [0.3, 0.4) is 0 Å². The van der Waals surface area contributed by atoms with E-state index in [2.05, 4.69) is 37.1 Å². The summed E-state index contributed by atoms with van der Waals surface area (Å²) in [4.78, 5) is 30.2. The predicted molar refractivity (Wildman–Crippen MR) is 139 cm³/mol. The van der Waals surface area contributed by atoms with Crippen molar-refractivity contribution in [3.8, 4) is 0 Å². The third kappa shape index (κ3) is 6.97. The van der Waals surface area contributed by atoms with Gasteiger partial charge in [-0.1, -0.05) is 51.3 Å². The van der Waals surface area contributed by atoms with Gasteiger partial charge in [0.2, 0.25) is 0 Å². The molecule has 0 aromatic heterocycles. The zero-order valence-corrected chi connectivity index (χ0v) is 24.6. The average molecular weight is 636 g/mol. The van der Waals surface area contributed by atoms with Crippen LogP contribution in [-0.4, -0.2) is 61.1 Å². The lowest BCUT2D eigenvalue weighted by Gasteiger charge is -2.32. The van der Waals surface area contributed by atoms with Crippen LogP contribution < -0.4 is 21.9 Å². The number of imide groups is 1. The summed E-state index contributed by atoms with van der Waals surface area (Å²) in [7, 11) is 6.52. The minimum Gasteiger partial charge on any atom is -1.00 e. The highest BCUT2D eigenvalue weighted by molar-refractivity contribution is 9.10. The van der Waals surface area contributed by atoms with Gasteiger partial charge in [-0.25, -0.2) is 9.69 Å². The molecule has 2 aromatic carbocycles. The lowest BCUT2D eigenvalue weighted by atomic mass is 9.91. The van der Waals surface area contributed by atoms with Gasteiger partial charge in [-0.05, 0) is 62.1 Å². The molecule has 1 saturated heterocycles. The number of rotatable bonds is 9. The van der Waals surface area contributed by atoms with E-state index in [0.29, 0.717) is 28.7 Å². The van der Waals surface area contributed by atoms with E-state index in [0.717, 1.165) is 40.3 Å². The number of carbonyl (C=O) groups is 2. The maximum atomic E-state index is 13.7. The average Bonchev–Trinajstić information content (AvgIpc) is 2.88. The van der Waals surface area contributed by atoms with Crippen molar-refractivity contribution in [1.29, 1.82) is 0 Å². The summed E-state index contributed by atoms with van der Waals surface area (Å²) in [5.74, 6) is -0.264. The van der Waals surface area contributed by atoms with Gasteiger partial charge in [-0.3, -0.25) is 4.79 Å². The molecule has 1 aliphatic rings. The summed E-state index contributed by atoms with van der Waals surface area (Å²) in [5.41, 5.74) is 0.389. The van der Waals surface area contributed by atoms with Gasteiger partial charge in [0.1, 0.15) is 5.54 Å². The molecule has 1 fully saturated rings. The maximum absolute atomic E-state index is 13.7. The van der Waals surface area contributed by atoms with E-state index in [1.54, 1.807) is 23.1 Å². The quantitative estimate of drug-likeness (QED) is 0.241.